The number of thiophene rings is 1. The molecule has 5 heteroatoms. The third kappa shape index (κ3) is 6.81. The van der Waals surface area contributed by atoms with Crippen molar-refractivity contribution in [2.75, 3.05) is 19.7 Å². The van der Waals surface area contributed by atoms with Crippen molar-refractivity contribution in [3.63, 3.8) is 0 Å². The normalized spacial score (nSPS) is 14.7. The molecule has 116 valence electrons. The number of aliphatic hydroxyl groups is 2. The Kier molecular flexibility index (Phi) is 9.05. The zero-order valence-corrected chi connectivity index (χ0v) is 13.2. The number of hydrogen-bond acceptors (Lipinski definition) is 5. The molecule has 1 rings (SSSR count). The fourth-order valence-electron chi connectivity index (χ4n) is 2.15. The maximum Gasteiger partial charge on any atom is 0.0897 e. The summed E-state index contributed by atoms with van der Waals surface area (Å²) in [5, 5.41) is 24.8. The Labute approximate surface area is 125 Å². The Morgan fingerprint density at radius 3 is 2.60 bits per heavy atom. The van der Waals surface area contributed by atoms with Crippen LogP contribution in [0, 0.1) is 5.92 Å². The first kappa shape index (κ1) is 17.6. The highest BCUT2D eigenvalue weighted by molar-refractivity contribution is 7.09. The van der Waals surface area contributed by atoms with Crippen LogP contribution in [0.3, 0.4) is 0 Å². The summed E-state index contributed by atoms with van der Waals surface area (Å²) in [6.45, 7) is 6.00. The molecular weight excluding hydrogens is 274 g/mol. The molecule has 0 saturated heterocycles. The highest BCUT2D eigenvalue weighted by atomic mass is 32.1. The Morgan fingerprint density at radius 2 is 2.00 bits per heavy atom. The summed E-state index contributed by atoms with van der Waals surface area (Å²) >= 11 is 1.65. The molecule has 3 N–H and O–H groups in total. The van der Waals surface area contributed by atoms with Crippen molar-refractivity contribution < 1.29 is 14.9 Å². The number of hydrogen-bond donors (Lipinski definition) is 3. The first-order chi connectivity index (χ1) is 9.67. The van der Waals surface area contributed by atoms with E-state index >= 15 is 0 Å². The van der Waals surface area contributed by atoms with Gasteiger partial charge < -0.3 is 20.3 Å². The van der Waals surface area contributed by atoms with Crippen LogP contribution in [0.5, 0.6) is 0 Å². The molecule has 1 aromatic rings. The van der Waals surface area contributed by atoms with Crippen molar-refractivity contribution in [1.29, 1.82) is 0 Å². The molecule has 0 radical (unpaired) electrons. The van der Waals surface area contributed by atoms with E-state index in [0.717, 1.165) is 17.7 Å². The average molecular weight is 301 g/mol. The average Bonchev–Trinajstić information content (AvgIpc) is 2.93. The summed E-state index contributed by atoms with van der Waals surface area (Å²) in [6, 6.07) is 4.00. The van der Waals surface area contributed by atoms with Gasteiger partial charge >= 0.3 is 0 Å². The van der Waals surface area contributed by atoms with Gasteiger partial charge in [-0.15, -0.1) is 11.3 Å². The molecule has 0 aliphatic carbocycles. The van der Waals surface area contributed by atoms with E-state index in [9.17, 15) is 10.2 Å². The second kappa shape index (κ2) is 10.3. The first-order valence-corrected chi connectivity index (χ1v) is 8.22. The van der Waals surface area contributed by atoms with Crippen LogP contribution in [0.15, 0.2) is 17.5 Å². The highest BCUT2D eigenvalue weighted by Gasteiger charge is 2.15. The van der Waals surface area contributed by atoms with E-state index in [1.54, 1.807) is 11.3 Å². The summed E-state index contributed by atoms with van der Waals surface area (Å²) in [4.78, 5) is 1.16. The minimum atomic E-state index is -0.538. The van der Waals surface area contributed by atoms with Crippen molar-refractivity contribution in [1.82, 2.24) is 5.32 Å². The zero-order chi connectivity index (χ0) is 14.8. The highest BCUT2D eigenvalue weighted by Crippen LogP contribution is 2.12. The molecule has 0 aromatic carbocycles. The third-order valence-corrected chi connectivity index (χ3v) is 4.31. The monoisotopic (exact) mass is 301 g/mol. The molecule has 2 unspecified atom stereocenters. The second-order valence-corrected chi connectivity index (χ2v) is 6.08. The Bertz CT molecular complexity index is 328. The van der Waals surface area contributed by atoms with Crippen LogP contribution in [-0.2, 0) is 11.3 Å². The van der Waals surface area contributed by atoms with Crippen LogP contribution in [0.2, 0.25) is 0 Å². The minimum Gasteiger partial charge on any atom is -0.392 e. The number of nitrogens with one attached hydrogen (secondary N) is 1. The van der Waals surface area contributed by atoms with E-state index in [0.29, 0.717) is 32.2 Å². The van der Waals surface area contributed by atoms with E-state index in [1.165, 1.54) is 0 Å². The van der Waals surface area contributed by atoms with Gasteiger partial charge in [0.1, 0.15) is 0 Å². The van der Waals surface area contributed by atoms with Crippen LogP contribution in [0.25, 0.3) is 0 Å². The van der Waals surface area contributed by atoms with E-state index in [2.05, 4.69) is 19.2 Å². The molecule has 0 saturated carbocycles. The van der Waals surface area contributed by atoms with Gasteiger partial charge in [-0.05, 0) is 17.4 Å². The van der Waals surface area contributed by atoms with E-state index < -0.39 is 6.10 Å². The predicted molar refractivity (Wildman–Crippen MR) is 82.9 cm³/mol. The van der Waals surface area contributed by atoms with Gasteiger partial charge in [0.15, 0.2) is 0 Å². The van der Waals surface area contributed by atoms with Crippen LogP contribution >= 0.6 is 11.3 Å². The van der Waals surface area contributed by atoms with Gasteiger partial charge in [0.05, 0.1) is 25.4 Å². The number of rotatable bonds is 11. The molecular formula is C15H27NO3S. The maximum atomic E-state index is 9.95. The van der Waals surface area contributed by atoms with Gasteiger partial charge in [-0.3, -0.25) is 0 Å². The van der Waals surface area contributed by atoms with E-state index in [-0.39, 0.29) is 6.10 Å². The molecule has 1 heterocycles. The fourth-order valence-corrected chi connectivity index (χ4v) is 2.79. The summed E-state index contributed by atoms with van der Waals surface area (Å²) in [5.74, 6) is 0.328. The minimum absolute atomic E-state index is 0.311. The zero-order valence-electron chi connectivity index (χ0n) is 12.4. The third-order valence-electron chi connectivity index (χ3n) is 3.46. The van der Waals surface area contributed by atoms with Gasteiger partial charge in [-0.25, -0.2) is 0 Å². The smallest absolute Gasteiger partial charge is 0.0897 e. The Morgan fingerprint density at radius 1 is 1.25 bits per heavy atom. The van der Waals surface area contributed by atoms with Gasteiger partial charge in [0.2, 0.25) is 0 Å². The number of aliphatic hydroxyl groups excluding tert-OH is 2. The molecule has 0 bridgehead atoms. The lowest BCUT2D eigenvalue weighted by Crippen LogP contribution is -2.37. The van der Waals surface area contributed by atoms with Gasteiger partial charge in [-0.1, -0.05) is 32.8 Å². The van der Waals surface area contributed by atoms with Crippen molar-refractivity contribution in [2.24, 2.45) is 5.92 Å². The standard InChI is InChI=1S/C15H27NO3S/c1-3-12(4-2)15(18)9-16-8-13(17)10-19-11-14-6-5-7-20-14/h5-7,12-13,15-18H,3-4,8-11H2,1-2H3. The Hall–Kier alpha value is -0.460. The van der Waals surface area contributed by atoms with Crippen molar-refractivity contribution >= 4 is 11.3 Å². The lowest BCUT2D eigenvalue weighted by Gasteiger charge is -2.21. The molecule has 20 heavy (non-hydrogen) atoms. The SMILES string of the molecule is CCC(CC)C(O)CNCC(O)COCc1cccs1. The van der Waals surface area contributed by atoms with Crippen LogP contribution in [-0.4, -0.2) is 42.1 Å². The van der Waals surface area contributed by atoms with Crippen LogP contribution in [0.1, 0.15) is 31.6 Å². The topological polar surface area (TPSA) is 61.7 Å². The maximum absolute atomic E-state index is 9.95. The van der Waals surface area contributed by atoms with Gasteiger partial charge in [0, 0.05) is 18.0 Å². The molecule has 0 aliphatic heterocycles. The van der Waals surface area contributed by atoms with Gasteiger partial charge in [-0.2, -0.15) is 0 Å². The summed E-state index contributed by atoms with van der Waals surface area (Å²) in [7, 11) is 0. The summed E-state index contributed by atoms with van der Waals surface area (Å²) in [6.07, 6.45) is 1.07. The number of ether oxygens (including phenoxy) is 1. The van der Waals surface area contributed by atoms with Crippen molar-refractivity contribution in [3.8, 4) is 0 Å². The molecule has 0 fully saturated rings. The molecule has 0 amide bonds. The van der Waals surface area contributed by atoms with E-state index in [1.807, 2.05) is 17.5 Å². The van der Waals surface area contributed by atoms with Crippen molar-refractivity contribution in [2.45, 2.75) is 45.5 Å². The first-order valence-electron chi connectivity index (χ1n) is 7.34. The fraction of sp³-hybridized carbons (Fsp3) is 0.733. The summed E-state index contributed by atoms with van der Waals surface area (Å²) in [5.41, 5.74) is 0. The molecule has 0 spiro atoms. The molecule has 0 aliphatic rings. The van der Waals surface area contributed by atoms with Crippen LogP contribution < -0.4 is 5.32 Å². The molecule has 1 aromatic heterocycles. The lowest BCUT2D eigenvalue weighted by molar-refractivity contribution is 0.0266. The second-order valence-electron chi connectivity index (χ2n) is 5.05. The van der Waals surface area contributed by atoms with Crippen LogP contribution in [0.4, 0.5) is 0 Å². The predicted octanol–water partition coefficient (Wildman–Crippen LogP) is 2.01. The Balaban J connectivity index is 2.06. The molecule has 2 atom stereocenters. The van der Waals surface area contributed by atoms with E-state index in [4.69, 9.17) is 4.74 Å². The summed E-state index contributed by atoms with van der Waals surface area (Å²) < 4.78 is 5.45. The quantitative estimate of drug-likeness (QED) is 0.585. The van der Waals surface area contributed by atoms with Crippen molar-refractivity contribution in [3.05, 3.63) is 22.4 Å². The molecule has 4 nitrogen and oxygen atoms in total. The lowest BCUT2D eigenvalue weighted by atomic mass is 9.96. The van der Waals surface area contributed by atoms with Gasteiger partial charge in [0.25, 0.3) is 0 Å². The largest absolute Gasteiger partial charge is 0.392 e.